The molecule has 0 unspecified atom stereocenters. The molecular weight excluding hydrogens is 220 g/mol. The quantitative estimate of drug-likeness (QED) is 0.873. The number of aromatic nitrogens is 1. The normalized spacial score (nSPS) is 11.7. The third-order valence-corrected chi connectivity index (χ3v) is 3.55. The van der Waals surface area contributed by atoms with Crippen molar-refractivity contribution in [3.63, 3.8) is 0 Å². The van der Waals surface area contributed by atoms with Gasteiger partial charge in [0.25, 0.3) is 0 Å². The average molecular weight is 244 g/mol. The zero-order chi connectivity index (χ0) is 13.3. The summed E-state index contributed by atoms with van der Waals surface area (Å²) in [6, 6.07) is 5.08. The Labute approximate surface area is 110 Å². The van der Waals surface area contributed by atoms with Crippen molar-refractivity contribution in [1.29, 1.82) is 0 Å². The number of rotatable bonds is 4. The highest BCUT2D eigenvalue weighted by Crippen LogP contribution is 2.29. The lowest BCUT2D eigenvalue weighted by Gasteiger charge is -2.11. The fraction of sp³-hybridized carbons (Fsp3) is 0.500. The molecule has 1 aromatic carbocycles. The van der Waals surface area contributed by atoms with Crippen LogP contribution in [0, 0.1) is 13.8 Å². The highest BCUT2D eigenvalue weighted by Gasteiger charge is 2.12. The van der Waals surface area contributed by atoms with Crippen LogP contribution in [0.15, 0.2) is 18.3 Å². The summed E-state index contributed by atoms with van der Waals surface area (Å²) < 4.78 is 2.40. The van der Waals surface area contributed by atoms with E-state index in [2.05, 4.69) is 50.6 Å². The standard InChI is InChI=1S/C16H24N2/c1-11(2)18-10-14(6-5-7-17)15-9-12(3)8-13(4)16(15)18/h8-11H,5-7,17H2,1-4H3. The van der Waals surface area contributed by atoms with E-state index >= 15 is 0 Å². The summed E-state index contributed by atoms with van der Waals surface area (Å²) in [5, 5.41) is 1.41. The first-order valence-electron chi connectivity index (χ1n) is 6.85. The second kappa shape index (κ2) is 5.15. The number of nitrogens with two attached hydrogens (primary N) is 1. The molecule has 2 nitrogen and oxygen atoms in total. The first-order chi connectivity index (χ1) is 8.54. The fourth-order valence-electron chi connectivity index (χ4n) is 2.75. The molecule has 0 aliphatic carbocycles. The lowest BCUT2D eigenvalue weighted by atomic mass is 10.0. The molecule has 0 saturated carbocycles. The molecule has 0 amide bonds. The molecule has 2 aromatic rings. The van der Waals surface area contributed by atoms with Gasteiger partial charge in [0.05, 0.1) is 5.52 Å². The van der Waals surface area contributed by atoms with Crippen LogP contribution in [0.5, 0.6) is 0 Å². The largest absolute Gasteiger partial charge is 0.344 e. The molecule has 0 atom stereocenters. The van der Waals surface area contributed by atoms with Crippen molar-refractivity contribution in [1.82, 2.24) is 4.57 Å². The fourth-order valence-corrected chi connectivity index (χ4v) is 2.75. The van der Waals surface area contributed by atoms with E-state index in [0.717, 1.165) is 19.4 Å². The maximum atomic E-state index is 5.64. The van der Waals surface area contributed by atoms with E-state index in [1.165, 1.54) is 27.6 Å². The Morgan fingerprint density at radius 1 is 1.22 bits per heavy atom. The molecule has 0 saturated heterocycles. The number of nitrogens with zero attached hydrogens (tertiary/aromatic N) is 1. The summed E-state index contributed by atoms with van der Waals surface area (Å²) in [6.45, 7) is 9.63. The van der Waals surface area contributed by atoms with Crippen molar-refractivity contribution in [2.75, 3.05) is 6.54 Å². The van der Waals surface area contributed by atoms with E-state index in [4.69, 9.17) is 5.73 Å². The molecule has 0 radical (unpaired) electrons. The first kappa shape index (κ1) is 13.2. The SMILES string of the molecule is Cc1cc(C)c2c(c1)c(CCCN)cn2C(C)C. The van der Waals surface area contributed by atoms with Gasteiger partial charge in [-0.15, -0.1) is 0 Å². The highest BCUT2D eigenvalue weighted by atomic mass is 15.0. The van der Waals surface area contributed by atoms with Gasteiger partial charge >= 0.3 is 0 Å². The molecule has 0 aliphatic rings. The number of hydrogen-bond acceptors (Lipinski definition) is 1. The van der Waals surface area contributed by atoms with E-state index < -0.39 is 0 Å². The van der Waals surface area contributed by atoms with Crippen molar-refractivity contribution < 1.29 is 0 Å². The zero-order valence-electron chi connectivity index (χ0n) is 12.0. The molecule has 98 valence electrons. The van der Waals surface area contributed by atoms with Gasteiger partial charge in [-0.05, 0) is 64.3 Å². The van der Waals surface area contributed by atoms with Gasteiger partial charge < -0.3 is 10.3 Å². The summed E-state index contributed by atoms with van der Waals surface area (Å²) in [6.07, 6.45) is 4.46. The van der Waals surface area contributed by atoms with Crippen LogP contribution in [0.1, 0.15) is 43.0 Å². The molecule has 2 rings (SSSR count). The Morgan fingerprint density at radius 3 is 2.56 bits per heavy atom. The van der Waals surface area contributed by atoms with Gasteiger partial charge in [0.1, 0.15) is 0 Å². The van der Waals surface area contributed by atoms with E-state index in [1.54, 1.807) is 0 Å². The van der Waals surface area contributed by atoms with Gasteiger partial charge in [-0.1, -0.05) is 11.6 Å². The molecule has 2 heteroatoms. The van der Waals surface area contributed by atoms with Gasteiger partial charge in [0.15, 0.2) is 0 Å². The van der Waals surface area contributed by atoms with Crippen LogP contribution >= 0.6 is 0 Å². The van der Waals surface area contributed by atoms with Crippen molar-refractivity contribution in [2.45, 2.75) is 46.6 Å². The topological polar surface area (TPSA) is 30.9 Å². The van der Waals surface area contributed by atoms with E-state index in [-0.39, 0.29) is 0 Å². The summed E-state index contributed by atoms with van der Waals surface area (Å²) in [5.74, 6) is 0. The minimum atomic E-state index is 0.500. The predicted octanol–water partition coefficient (Wildman–Crippen LogP) is 3.73. The first-order valence-corrected chi connectivity index (χ1v) is 6.85. The lowest BCUT2D eigenvalue weighted by molar-refractivity contribution is 0.619. The molecule has 1 aromatic heterocycles. The van der Waals surface area contributed by atoms with E-state index in [0.29, 0.717) is 6.04 Å². The van der Waals surface area contributed by atoms with Crippen LogP contribution in [-0.4, -0.2) is 11.1 Å². The minimum Gasteiger partial charge on any atom is -0.344 e. The third kappa shape index (κ3) is 2.30. The second-order valence-electron chi connectivity index (χ2n) is 5.53. The Balaban J connectivity index is 2.64. The van der Waals surface area contributed by atoms with Crippen molar-refractivity contribution in [3.05, 3.63) is 35.0 Å². The Hall–Kier alpha value is -1.28. The number of aryl methyl sites for hydroxylation is 3. The van der Waals surface area contributed by atoms with Crippen LogP contribution in [0.25, 0.3) is 10.9 Å². The van der Waals surface area contributed by atoms with Crippen molar-refractivity contribution >= 4 is 10.9 Å². The van der Waals surface area contributed by atoms with Crippen molar-refractivity contribution in [3.8, 4) is 0 Å². The van der Waals surface area contributed by atoms with Crippen LogP contribution in [-0.2, 0) is 6.42 Å². The molecular formula is C16H24N2. The van der Waals surface area contributed by atoms with Gasteiger partial charge in [-0.25, -0.2) is 0 Å². The van der Waals surface area contributed by atoms with Crippen LogP contribution in [0.4, 0.5) is 0 Å². The maximum absolute atomic E-state index is 5.64. The number of benzene rings is 1. The highest BCUT2D eigenvalue weighted by molar-refractivity contribution is 5.87. The van der Waals surface area contributed by atoms with Crippen LogP contribution < -0.4 is 5.73 Å². The van der Waals surface area contributed by atoms with Gasteiger partial charge in [-0.2, -0.15) is 0 Å². The molecule has 0 bridgehead atoms. The van der Waals surface area contributed by atoms with Crippen molar-refractivity contribution in [2.24, 2.45) is 5.73 Å². The Bertz CT molecular complexity index is 550. The van der Waals surface area contributed by atoms with Crippen LogP contribution in [0.3, 0.4) is 0 Å². The predicted molar refractivity (Wildman–Crippen MR) is 79.2 cm³/mol. The maximum Gasteiger partial charge on any atom is 0.0515 e. The van der Waals surface area contributed by atoms with Crippen LogP contribution in [0.2, 0.25) is 0 Å². The van der Waals surface area contributed by atoms with Gasteiger partial charge in [0.2, 0.25) is 0 Å². The lowest BCUT2D eigenvalue weighted by Crippen LogP contribution is -2.00. The molecule has 1 heterocycles. The van der Waals surface area contributed by atoms with Gasteiger partial charge in [-0.3, -0.25) is 0 Å². The summed E-state index contributed by atoms with van der Waals surface area (Å²) in [5.41, 5.74) is 11.2. The molecule has 18 heavy (non-hydrogen) atoms. The third-order valence-electron chi connectivity index (χ3n) is 3.55. The summed E-state index contributed by atoms with van der Waals surface area (Å²) >= 11 is 0. The molecule has 0 spiro atoms. The molecule has 0 aliphatic heterocycles. The van der Waals surface area contributed by atoms with E-state index in [9.17, 15) is 0 Å². The smallest absolute Gasteiger partial charge is 0.0515 e. The number of hydrogen-bond donors (Lipinski definition) is 1. The number of fused-ring (bicyclic) bond motifs is 1. The Kier molecular flexibility index (Phi) is 3.76. The summed E-state index contributed by atoms with van der Waals surface area (Å²) in [7, 11) is 0. The second-order valence-corrected chi connectivity index (χ2v) is 5.53. The molecule has 0 fully saturated rings. The zero-order valence-corrected chi connectivity index (χ0v) is 12.0. The minimum absolute atomic E-state index is 0.500. The monoisotopic (exact) mass is 244 g/mol. The summed E-state index contributed by atoms with van der Waals surface area (Å²) in [4.78, 5) is 0. The van der Waals surface area contributed by atoms with E-state index in [1.807, 2.05) is 0 Å². The Morgan fingerprint density at radius 2 is 1.94 bits per heavy atom. The van der Waals surface area contributed by atoms with Gasteiger partial charge in [0, 0.05) is 17.6 Å². The molecule has 2 N–H and O–H groups in total. The average Bonchev–Trinajstić information content (AvgIpc) is 2.65.